The van der Waals surface area contributed by atoms with E-state index in [1.807, 2.05) is 0 Å². The van der Waals surface area contributed by atoms with Crippen molar-refractivity contribution in [1.82, 2.24) is 0 Å². The zero-order valence-corrected chi connectivity index (χ0v) is 5.91. The van der Waals surface area contributed by atoms with Crippen molar-refractivity contribution in [3.05, 3.63) is 0 Å². The summed E-state index contributed by atoms with van der Waals surface area (Å²) < 4.78 is 0. The van der Waals surface area contributed by atoms with Gasteiger partial charge in [-0.15, -0.1) is 0 Å². The van der Waals surface area contributed by atoms with Crippen LogP contribution >= 0.6 is 0 Å². The third-order valence-electron chi connectivity index (χ3n) is 0.612. The lowest BCUT2D eigenvalue weighted by atomic mass is 10.4. The van der Waals surface area contributed by atoms with E-state index in [9.17, 15) is 0 Å². The highest BCUT2D eigenvalue weighted by Gasteiger charge is 1.80. The van der Waals surface area contributed by atoms with Crippen LogP contribution in [-0.2, 0) is 9.59 Å². The van der Waals surface area contributed by atoms with Gasteiger partial charge in [0.25, 0.3) is 0 Å². The van der Waals surface area contributed by atoms with E-state index < -0.39 is 5.97 Å². The molecule has 0 saturated heterocycles. The van der Waals surface area contributed by atoms with Crippen LogP contribution in [0.5, 0.6) is 0 Å². The van der Waals surface area contributed by atoms with E-state index in [4.69, 9.17) is 19.8 Å². The van der Waals surface area contributed by atoms with Gasteiger partial charge in [-0.25, -0.2) is 4.79 Å². The van der Waals surface area contributed by atoms with Gasteiger partial charge >= 0.3 is 5.97 Å². The molecule has 0 rings (SSSR count). The number of unbranched alkanes of at least 4 members (excludes halogenated alkanes) is 1. The number of carbonyl (C=O) groups is 2. The number of hydrogen-bond donors (Lipinski definition) is 2. The lowest BCUT2D eigenvalue weighted by Crippen LogP contribution is -1.91. The molecular weight excluding hydrogens is 136 g/mol. The first-order valence-electron chi connectivity index (χ1n) is 2.98. The summed E-state index contributed by atoms with van der Waals surface area (Å²) in [5.41, 5.74) is 0. The number of rotatable bonds is 3. The van der Waals surface area contributed by atoms with Crippen LogP contribution in [0, 0.1) is 0 Å². The van der Waals surface area contributed by atoms with Crippen LogP contribution in [0.2, 0.25) is 0 Å². The Balaban J connectivity index is 0. The minimum atomic E-state index is -1.43. The molecule has 0 aliphatic rings. The van der Waals surface area contributed by atoms with Gasteiger partial charge in [0.1, 0.15) is 0 Å². The summed E-state index contributed by atoms with van der Waals surface area (Å²) in [5.74, 6) is -1.43. The maximum atomic E-state index is 9.00. The minimum absolute atomic E-state index is 0.167. The summed E-state index contributed by atoms with van der Waals surface area (Å²) >= 11 is 0. The van der Waals surface area contributed by atoms with Crippen molar-refractivity contribution in [1.29, 1.82) is 0 Å². The number of carboxylic acids is 1. The Morgan fingerprint density at radius 2 is 2.00 bits per heavy atom. The fraction of sp³-hybridized carbons (Fsp3) is 0.667. The smallest absolute Gasteiger partial charge is 0.368 e. The van der Waals surface area contributed by atoms with E-state index in [1.165, 1.54) is 0 Å². The molecule has 0 bridgehead atoms. The predicted octanol–water partition coefficient (Wildman–Crippen LogP) is 0.0487. The van der Waals surface area contributed by atoms with Gasteiger partial charge in [-0.3, -0.25) is 4.79 Å². The van der Waals surface area contributed by atoms with Crippen LogP contribution in [0.3, 0.4) is 0 Å². The number of aldehydes is 1. The summed E-state index contributed by atoms with van der Waals surface area (Å²) in [6.45, 7) is 2.40. The zero-order valence-electron chi connectivity index (χ0n) is 5.91. The molecule has 0 amide bonds. The second-order valence-electron chi connectivity index (χ2n) is 1.53. The van der Waals surface area contributed by atoms with Crippen LogP contribution in [0.1, 0.15) is 19.8 Å². The van der Waals surface area contributed by atoms with Gasteiger partial charge in [0.05, 0.1) is 0 Å². The predicted molar refractivity (Wildman–Crippen MR) is 35.7 cm³/mol. The van der Waals surface area contributed by atoms with Crippen molar-refractivity contribution in [3.63, 3.8) is 0 Å². The summed E-state index contributed by atoms with van der Waals surface area (Å²) in [6, 6.07) is 0. The molecule has 0 aromatic rings. The molecule has 0 unspecified atom stereocenters. The highest BCUT2D eigenvalue weighted by Crippen LogP contribution is 1.78. The molecule has 0 spiro atoms. The standard InChI is InChI=1S/C4H10O.C2H2O3/c1-2-3-4-5;3-1-2(4)5/h5H,2-4H2,1H3;1H,(H,4,5). The first-order chi connectivity index (χ1) is 4.68. The van der Waals surface area contributed by atoms with Gasteiger partial charge in [0, 0.05) is 6.61 Å². The normalized spacial score (nSPS) is 7.40. The lowest BCUT2D eigenvalue weighted by molar-refractivity contribution is -0.143. The molecule has 2 N–H and O–H groups in total. The van der Waals surface area contributed by atoms with E-state index in [2.05, 4.69) is 6.92 Å². The zero-order chi connectivity index (χ0) is 8.41. The molecular formula is C6H12O4. The first-order valence-corrected chi connectivity index (χ1v) is 2.98. The Morgan fingerprint density at radius 3 is 2.00 bits per heavy atom. The minimum Gasteiger partial charge on any atom is -0.476 e. The second-order valence-corrected chi connectivity index (χ2v) is 1.53. The Kier molecular flexibility index (Phi) is 13.0. The molecule has 0 heterocycles. The third-order valence-corrected chi connectivity index (χ3v) is 0.612. The molecule has 4 nitrogen and oxygen atoms in total. The van der Waals surface area contributed by atoms with Gasteiger partial charge in [0.15, 0.2) is 0 Å². The lowest BCUT2D eigenvalue weighted by Gasteiger charge is -1.79. The van der Waals surface area contributed by atoms with Gasteiger partial charge in [0.2, 0.25) is 6.29 Å². The molecule has 0 radical (unpaired) electrons. The molecule has 0 saturated carbocycles. The quantitative estimate of drug-likeness (QED) is 0.438. The highest BCUT2D eigenvalue weighted by molar-refractivity contribution is 6.19. The van der Waals surface area contributed by atoms with Crippen molar-refractivity contribution in [3.8, 4) is 0 Å². The van der Waals surface area contributed by atoms with Gasteiger partial charge < -0.3 is 10.2 Å². The average Bonchev–Trinajstić information content (AvgIpc) is 1.91. The number of aliphatic hydroxyl groups is 1. The fourth-order valence-corrected chi connectivity index (χ4v) is 0.158. The van der Waals surface area contributed by atoms with Crippen LogP contribution < -0.4 is 0 Å². The molecule has 0 atom stereocenters. The van der Waals surface area contributed by atoms with Gasteiger partial charge in [-0.1, -0.05) is 13.3 Å². The van der Waals surface area contributed by atoms with E-state index in [-0.39, 0.29) is 6.29 Å². The molecule has 0 aromatic carbocycles. The third kappa shape index (κ3) is 27.5. The van der Waals surface area contributed by atoms with E-state index in [0.29, 0.717) is 6.61 Å². The largest absolute Gasteiger partial charge is 0.476 e. The monoisotopic (exact) mass is 148 g/mol. The van der Waals surface area contributed by atoms with Crippen molar-refractivity contribution < 1.29 is 19.8 Å². The number of carboxylic acid groups (broad SMARTS) is 1. The number of carbonyl (C=O) groups excluding carboxylic acids is 1. The van der Waals surface area contributed by atoms with Crippen molar-refractivity contribution >= 4 is 12.3 Å². The van der Waals surface area contributed by atoms with Crippen LogP contribution in [0.25, 0.3) is 0 Å². The summed E-state index contributed by atoms with van der Waals surface area (Å²) in [7, 11) is 0. The van der Waals surface area contributed by atoms with Gasteiger partial charge in [-0.05, 0) is 6.42 Å². The van der Waals surface area contributed by atoms with Crippen molar-refractivity contribution in [2.45, 2.75) is 19.8 Å². The van der Waals surface area contributed by atoms with Crippen LogP contribution in [-0.4, -0.2) is 29.1 Å². The molecule has 4 heteroatoms. The molecule has 0 fully saturated rings. The summed E-state index contributed by atoms with van der Waals surface area (Å²) in [6.07, 6.45) is 1.87. The first kappa shape index (κ1) is 11.8. The van der Waals surface area contributed by atoms with Gasteiger partial charge in [-0.2, -0.15) is 0 Å². The Morgan fingerprint density at radius 1 is 1.60 bits per heavy atom. The van der Waals surface area contributed by atoms with E-state index in [1.54, 1.807) is 0 Å². The topological polar surface area (TPSA) is 74.6 Å². The van der Waals surface area contributed by atoms with Crippen LogP contribution in [0.15, 0.2) is 0 Å². The Labute approximate surface area is 59.5 Å². The molecule has 60 valence electrons. The second kappa shape index (κ2) is 11.0. The Hall–Kier alpha value is -0.900. The SMILES string of the molecule is CCCCO.O=CC(=O)O. The van der Waals surface area contributed by atoms with Crippen LogP contribution in [0.4, 0.5) is 0 Å². The van der Waals surface area contributed by atoms with Crippen molar-refractivity contribution in [2.24, 2.45) is 0 Å². The maximum absolute atomic E-state index is 9.00. The van der Waals surface area contributed by atoms with E-state index >= 15 is 0 Å². The fourth-order valence-electron chi connectivity index (χ4n) is 0.158. The maximum Gasteiger partial charge on any atom is 0.368 e. The number of hydrogen-bond acceptors (Lipinski definition) is 3. The molecule has 0 aliphatic carbocycles. The highest BCUT2D eigenvalue weighted by atomic mass is 16.4. The van der Waals surface area contributed by atoms with Crippen molar-refractivity contribution in [2.75, 3.05) is 6.61 Å². The van der Waals surface area contributed by atoms with E-state index in [0.717, 1.165) is 12.8 Å². The summed E-state index contributed by atoms with van der Waals surface area (Å²) in [5, 5.41) is 15.4. The molecule has 0 aliphatic heterocycles. The Bertz CT molecular complexity index is 87.7. The number of aliphatic hydroxyl groups excluding tert-OH is 1. The average molecular weight is 148 g/mol. The summed E-state index contributed by atoms with van der Waals surface area (Å²) in [4.78, 5) is 17.9. The number of aliphatic carboxylic acids is 1. The molecule has 0 aromatic heterocycles. The molecule has 10 heavy (non-hydrogen) atoms.